The molecule has 0 fully saturated rings. The molecule has 0 unspecified atom stereocenters. The van der Waals surface area contributed by atoms with E-state index in [2.05, 4.69) is 5.32 Å². The van der Waals surface area contributed by atoms with E-state index < -0.39 is 0 Å². The number of aryl methyl sites for hydroxylation is 1. The normalized spacial score (nSPS) is 10.5. The Morgan fingerprint density at radius 1 is 1.53 bits per heavy atom. The summed E-state index contributed by atoms with van der Waals surface area (Å²) in [6.45, 7) is 4.35. The minimum absolute atomic E-state index is 0.305. The van der Waals surface area contributed by atoms with Crippen LogP contribution in [-0.2, 0) is 9.53 Å². The smallest absolute Gasteiger partial charge is 0.330 e. The lowest BCUT2D eigenvalue weighted by Crippen LogP contribution is -2.03. The summed E-state index contributed by atoms with van der Waals surface area (Å²) in [5.41, 5.74) is 1.40. The monoisotopic (exact) mass is 237 g/mol. The first-order valence-electron chi connectivity index (χ1n) is 5.46. The van der Waals surface area contributed by atoms with E-state index in [4.69, 9.17) is 4.74 Å². The summed E-state index contributed by atoms with van der Waals surface area (Å²) in [7, 11) is 0. The first-order chi connectivity index (χ1) is 8.13. The first kappa shape index (κ1) is 13.2. The summed E-state index contributed by atoms with van der Waals surface area (Å²) >= 11 is 0. The van der Waals surface area contributed by atoms with E-state index in [1.54, 1.807) is 25.1 Å². The van der Waals surface area contributed by atoms with Gasteiger partial charge in [-0.05, 0) is 31.5 Å². The average molecular weight is 237 g/mol. The molecule has 0 bridgehead atoms. The van der Waals surface area contributed by atoms with Gasteiger partial charge in [-0.1, -0.05) is 12.1 Å². The lowest BCUT2D eigenvalue weighted by atomic mass is 10.2. The van der Waals surface area contributed by atoms with Gasteiger partial charge in [0, 0.05) is 12.6 Å². The predicted molar refractivity (Wildman–Crippen MR) is 65.4 cm³/mol. The fraction of sp³-hybridized carbons (Fsp3) is 0.308. The summed E-state index contributed by atoms with van der Waals surface area (Å²) in [4.78, 5) is 11.0. The SMILES string of the molecule is CCOC(=O)/C=C/CNc1cc(C)ccc1F. The Balaban J connectivity index is 2.45. The van der Waals surface area contributed by atoms with Gasteiger partial charge in [0.1, 0.15) is 5.82 Å². The zero-order valence-corrected chi connectivity index (χ0v) is 10.00. The summed E-state index contributed by atoms with van der Waals surface area (Å²) in [6, 6.07) is 4.83. The van der Waals surface area contributed by atoms with Crippen molar-refractivity contribution in [1.29, 1.82) is 0 Å². The van der Waals surface area contributed by atoms with E-state index in [0.29, 0.717) is 18.8 Å². The minimum Gasteiger partial charge on any atom is -0.463 e. The van der Waals surface area contributed by atoms with Gasteiger partial charge in [-0.15, -0.1) is 0 Å². The van der Waals surface area contributed by atoms with Crippen molar-refractivity contribution in [2.24, 2.45) is 0 Å². The van der Waals surface area contributed by atoms with Crippen molar-refractivity contribution < 1.29 is 13.9 Å². The molecule has 0 spiro atoms. The maximum absolute atomic E-state index is 13.3. The Morgan fingerprint density at radius 2 is 2.29 bits per heavy atom. The number of halogens is 1. The molecular weight excluding hydrogens is 221 g/mol. The summed E-state index contributed by atoms with van der Waals surface area (Å²) in [5, 5.41) is 2.88. The molecule has 0 aliphatic carbocycles. The largest absolute Gasteiger partial charge is 0.463 e. The second-order valence-corrected chi connectivity index (χ2v) is 3.52. The fourth-order valence-corrected chi connectivity index (χ4v) is 1.29. The van der Waals surface area contributed by atoms with Crippen molar-refractivity contribution in [3.63, 3.8) is 0 Å². The maximum atomic E-state index is 13.3. The molecule has 1 rings (SSSR count). The van der Waals surface area contributed by atoms with Crippen LogP contribution >= 0.6 is 0 Å². The molecule has 0 atom stereocenters. The number of carbonyl (C=O) groups is 1. The second kappa shape index (κ2) is 6.68. The lowest BCUT2D eigenvalue weighted by molar-refractivity contribution is -0.137. The van der Waals surface area contributed by atoms with Crippen LogP contribution in [0.2, 0.25) is 0 Å². The van der Waals surface area contributed by atoms with Gasteiger partial charge in [0.15, 0.2) is 0 Å². The number of esters is 1. The maximum Gasteiger partial charge on any atom is 0.330 e. The van der Waals surface area contributed by atoms with Crippen molar-refractivity contribution in [3.05, 3.63) is 41.7 Å². The van der Waals surface area contributed by atoms with Gasteiger partial charge >= 0.3 is 5.97 Å². The molecule has 0 radical (unpaired) electrons. The predicted octanol–water partition coefficient (Wildman–Crippen LogP) is 2.67. The number of anilines is 1. The third-order valence-electron chi connectivity index (χ3n) is 2.07. The number of carbonyl (C=O) groups excluding carboxylic acids is 1. The topological polar surface area (TPSA) is 38.3 Å². The van der Waals surface area contributed by atoms with Crippen LogP contribution in [0.3, 0.4) is 0 Å². The number of benzene rings is 1. The van der Waals surface area contributed by atoms with Crippen LogP contribution < -0.4 is 5.32 Å². The van der Waals surface area contributed by atoms with Crippen molar-refractivity contribution in [2.45, 2.75) is 13.8 Å². The van der Waals surface area contributed by atoms with Gasteiger partial charge in [-0.3, -0.25) is 0 Å². The van der Waals surface area contributed by atoms with E-state index in [1.165, 1.54) is 12.1 Å². The third kappa shape index (κ3) is 4.68. The Kier molecular flexibility index (Phi) is 5.20. The molecule has 4 heteroatoms. The number of nitrogens with one attached hydrogen (secondary N) is 1. The molecule has 0 amide bonds. The molecule has 1 aromatic rings. The zero-order valence-electron chi connectivity index (χ0n) is 10.00. The second-order valence-electron chi connectivity index (χ2n) is 3.52. The number of ether oxygens (including phenoxy) is 1. The van der Waals surface area contributed by atoms with E-state index in [1.807, 2.05) is 6.92 Å². The van der Waals surface area contributed by atoms with Crippen molar-refractivity contribution in [2.75, 3.05) is 18.5 Å². The molecule has 17 heavy (non-hydrogen) atoms. The highest BCUT2D eigenvalue weighted by atomic mass is 19.1. The van der Waals surface area contributed by atoms with Gasteiger partial charge in [0.05, 0.1) is 12.3 Å². The van der Waals surface area contributed by atoms with E-state index in [9.17, 15) is 9.18 Å². The van der Waals surface area contributed by atoms with Crippen LogP contribution in [-0.4, -0.2) is 19.1 Å². The van der Waals surface area contributed by atoms with Gasteiger partial charge in [-0.25, -0.2) is 9.18 Å². The van der Waals surface area contributed by atoms with Crippen molar-refractivity contribution >= 4 is 11.7 Å². The van der Waals surface area contributed by atoms with Crippen molar-refractivity contribution in [3.8, 4) is 0 Å². The van der Waals surface area contributed by atoms with Crippen LogP contribution in [0.5, 0.6) is 0 Å². The van der Waals surface area contributed by atoms with E-state index >= 15 is 0 Å². The van der Waals surface area contributed by atoms with Crippen molar-refractivity contribution in [1.82, 2.24) is 0 Å². The van der Waals surface area contributed by atoms with E-state index in [-0.39, 0.29) is 11.8 Å². The lowest BCUT2D eigenvalue weighted by Gasteiger charge is -2.05. The quantitative estimate of drug-likeness (QED) is 0.632. The molecule has 3 nitrogen and oxygen atoms in total. The number of hydrogen-bond donors (Lipinski definition) is 1. The Morgan fingerprint density at radius 3 is 3.00 bits per heavy atom. The van der Waals surface area contributed by atoms with E-state index in [0.717, 1.165) is 5.56 Å². The molecule has 0 saturated heterocycles. The highest BCUT2D eigenvalue weighted by Crippen LogP contribution is 2.14. The Hall–Kier alpha value is -1.84. The van der Waals surface area contributed by atoms with Gasteiger partial charge in [0.25, 0.3) is 0 Å². The van der Waals surface area contributed by atoms with Crippen LogP contribution in [0, 0.1) is 12.7 Å². The van der Waals surface area contributed by atoms with Crippen LogP contribution in [0.4, 0.5) is 10.1 Å². The average Bonchev–Trinajstić information content (AvgIpc) is 2.29. The zero-order chi connectivity index (χ0) is 12.7. The van der Waals surface area contributed by atoms with Gasteiger partial charge in [-0.2, -0.15) is 0 Å². The van der Waals surface area contributed by atoms with Crippen LogP contribution in [0.1, 0.15) is 12.5 Å². The van der Waals surface area contributed by atoms with Crippen LogP contribution in [0.15, 0.2) is 30.4 Å². The number of rotatable bonds is 5. The van der Waals surface area contributed by atoms with Gasteiger partial charge < -0.3 is 10.1 Å². The molecule has 92 valence electrons. The third-order valence-corrected chi connectivity index (χ3v) is 2.07. The summed E-state index contributed by atoms with van der Waals surface area (Å²) < 4.78 is 18.0. The molecule has 1 aromatic carbocycles. The minimum atomic E-state index is -0.390. The molecule has 0 aliphatic rings. The highest BCUT2D eigenvalue weighted by Gasteiger charge is 2.00. The standard InChI is InChI=1S/C13H16FNO2/c1-3-17-13(16)5-4-8-15-12-9-10(2)6-7-11(12)14/h4-7,9,15H,3,8H2,1-2H3/b5-4+. The van der Waals surface area contributed by atoms with Gasteiger partial charge in [0.2, 0.25) is 0 Å². The summed E-state index contributed by atoms with van der Waals surface area (Å²) in [6.07, 6.45) is 2.92. The molecule has 0 aliphatic heterocycles. The highest BCUT2D eigenvalue weighted by molar-refractivity contribution is 5.81. The molecule has 0 aromatic heterocycles. The Bertz CT molecular complexity index is 416. The summed E-state index contributed by atoms with van der Waals surface area (Å²) in [5.74, 6) is -0.695. The number of hydrogen-bond acceptors (Lipinski definition) is 3. The van der Waals surface area contributed by atoms with Crippen LogP contribution in [0.25, 0.3) is 0 Å². The molecular formula is C13H16FNO2. The Labute approximate surface area is 100 Å². The molecule has 0 saturated carbocycles. The molecule has 0 heterocycles. The molecule has 1 N–H and O–H groups in total. The fourth-order valence-electron chi connectivity index (χ4n) is 1.29. The first-order valence-corrected chi connectivity index (χ1v) is 5.46.